The standard InChI is InChI=1S/C30H24F2N2O4/c31-24-12-6-19(7-13-24)16-23-2-1-3-26-28(23)33-34(29(26)21-10-14-25(32)15-11-21)27(36)18-38-30(37)22-8-4-20(17-35)5-9-22/h4-17,26,29H,1-3,18H2. The molecule has 0 aromatic heterocycles. The molecule has 38 heavy (non-hydrogen) atoms. The molecule has 1 aliphatic heterocycles. The van der Waals surface area contributed by atoms with Gasteiger partial charge in [0, 0.05) is 11.5 Å². The smallest absolute Gasteiger partial charge is 0.338 e. The Morgan fingerprint density at radius 2 is 1.55 bits per heavy atom. The molecule has 2 unspecified atom stereocenters. The Morgan fingerprint density at radius 1 is 0.921 bits per heavy atom. The molecule has 0 N–H and O–H groups in total. The minimum Gasteiger partial charge on any atom is -0.452 e. The number of fused-ring (bicyclic) bond motifs is 1. The first kappa shape index (κ1) is 25.2. The highest BCUT2D eigenvalue weighted by atomic mass is 19.1. The number of benzene rings is 3. The van der Waals surface area contributed by atoms with E-state index < -0.39 is 24.5 Å². The van der Waals surface area contributed by atoms with Gasteiger partial charge in [-0.25, -0.2) is 18.6 Å². The van der Waals surface area contributed by atoms with Crippen molar-refractivity contribution in [3.05, 3.63) is 112 Å². The fourth-order valence-corrected chi connectivity index (χ4v) is 4.94. The van der Waals surface area contributed by atoms with E-state index in [1.54, 1.807) is 24.3 Å². The van der Waals surface area contributed by atoms with Gasteiger partial charge in [-0.15, -0.1) is 0 Å². The molecule has 6 nitrogen and oxygen atoms in total. The van der Waals surface area contributed by atoms with Gasteiger partial charge in [0.2, 0.25) is 0 Å². The summed E-state index contributed by atoms with van der Waals surface area (Å²) < 4.78 is 32.4. The molecule has 8 heteroatoms. The number of hydrogen-bond donors (Lipinski definition) is 0. The van der Waals surface area contributed by atoms with E-state index in [0.29, 0.717) is 11.8 Å². The number of ether oxygens (including phenoxy) is 1. The zero-order valence-electron chi connectivity index (χ0n) is 20.3. The molecule has 2 atom stereocenters. The SMILES string of the molecule is O=Cc1ccc(C(=O)OCC(=O)N2N=C3C(=Cc4ccc(F)cc4)CCCC3C2c2ccc(F)cc2)cc1. The van der Waals surface area contributed by atoms with Gasteiger partial charge in [-0.2, -0.15) is 5.10 Å². The molecule has 1 heterocycles. The molecule has 0 bridgehead atoms. The zero-order chi connectivity index (χ0) is 26.6. The molecule has 3 aromatic rings. The third-order valence-electron chi connectivity index (χ3n) is 6.79. The lowest BCUT2D eigenvalue weighted by Crippen LogP contribution is -2.34. The van der Waals surface area contributed by atoms with Gasteiger partial charge in [-0.1, -0.05) is 36.4 Å². The minimum absolute atomic E-state index is 0.128. The Hall–Kier alpha value is -4.46. The summed E-state index contributed by atoms with van der Waals surface area (Å²) in [5.74, 6) is -2.05. The van der Waals surface area contributed by atoms with Crippen molar-refractivity contribution in [3.8, 4) is 0 Å². The van der Waals surface area contributed by atoms with Crippen LogP contribution in [0.1, 0.15) is 57.1 Å². The first-order valence-corrected chi connectivity index (χ1v) is 12.3. The van der Waals surface area contributed by atoms with Crippen LogP contribution in [0.5, 0.6) is 0 Å². The molecule has 0 radical (unpaired) electrons. The second kappa shape index (κ2) is 10.9. The van der Waals surface area contributed by atoms with E-state index in [9.17, 15) is 23.2 Å². The summed E-state index contributed by atoms with van der Waals surface area (Å²) >= 11 is 0. The third kappa shape index (κ3) is 5.29. The number of esters is 1. The van der Waals surface area contributed by atoms with Gasteiger partial charge in [0.15, 0.2) is 6.61 Å². The lowest BCUT2D eigenvalue weighted by atomic mass is 9.77. The van der Waals surface area contributed by atoms with Crippen LogP contribution < -0.4 is 0 Å². The first-order valence-electron chi connectivity index (χ1n) is 12.3. The van der Waals surface area contributed by atoms with Crippen molar-refractivity contribution in [1.82, 2.24) is 5.01 Å². The van der Waals surface area contributed by atoms with E-state index in [0.717, 1.165) is 41.7 Å². The highest BCUT2D eigenvalue weighted by molar-refractivity contribution is 6.08. The summed E-state index contributed by atoms with van der Waals surface area (Å²) in [6.45, 7) is -0.535. The highest BCUT2D eigenvalue weighted by Gasteiger charge is 2.43. The average Bonchev–Trinajstić information content (AvgIpc) is 3.34. The summed E-state index contributed by atoms with van der Waals surface area (Å²) in [4.78, 5) is 36.7. The van der Waals surface area contributed by atoms with E-state index in [2.05, 4.69) is 0 Å². The number of carbonyl (C=O) groups is 3. The number of hydrogen-bond acceptors (Lipinski definition) is 5. The quantitative estimate of drug-likeness (QED) is 0.310. The Kier molecular flexibility index (Phi) is 7.22. The van der Waals surface area contributed by atoms with Crippen molar-refractivity contribution >= 4 is 30.0 Å². The van der Waals surface area contributed by atoms with Gasteiger partial charge in [0.1, 0.15) is 17.9 Å². The van der Waals surface area contributed by atoms with Crippen LogP contribution >= 0.6 is 0 Å². The summed E-state index contributed by atoms with van der Waals surface area (Å²) in [6.07, 6.45) is 5.00. The van der Waals surface area contributed by atoms with Crippen LogP contribution in [0.25, 0.3) is 6.08 Å². The number of nitrogens with zero attached hydrogens (tertiary/aromatic N) is 2. The Balaban J connectivity index is 1.41. The molecule has 5 rings (SSSR count). The summed E-state index contributed by atoms with van der Waals surface area (Å²) in [5, 5.41) is 6.03. The second-order valence-corrected chi connectivity index (χ2v) is 9.26. The number of aldehydes is 1. The lowest BCUT2D eigenvalue weighted by molar-refractivity contribution is -0.137. The molecule has 0 spiro atoms. The van der Waals surface area contributed by atoms with Crippen molar-refractivity contribution < 1.29 is 27.9 Å². The predicted octanol–water partition coefficient (Wildman–Crippen LogP) is 5.76. The van der Waals surface area contributed by atoms with Crippen molar-refractivity contribution in [2.24, 2.45) is 11.0 Å². The third-order valence-corrected chi connectivity index (χ3v) is 6.79. The molecular formula is C30H24F2N2O4. The van der Waals surface area contributed by atoms with Gasteiger partial charge in [0.25, 0.3) is 5.91 Å². The summed E-state index contributed by atoms with van der Waals surface area (Å²) in [6, 6.07) is 17.5. The largest absolute Gasteiger partial charge is 0.452 e. The fourth-order valence-electron chi connectivity index (χ4n) is 4.94. The van der Waals surface area contributed by atoms with E-state index in [4.69, 9.17) is 9.84 Å². The van der Waals surface area contributed by atoms with Crippen LogP contribution in [-0.2, 0) is 9.53 Å². The minimum atomic E-state index is -0.699. The van der Waals surface area contributed by atoms with Gasteiger partial charge >= 0.3 is 5.97 Å². The average molecular weight is 515 g/mol. The monoisotopic (exact) mass is 514 g/mol. The van der Waals surface area contributed by atoms with E-state index in [-0.39, 0.29) is 23.1 Å². The molecule has 1 amide bonds. The Bertz CT molecular complexity index is 1410. The van der Waals surface area contributed by atoms with Crippen molar-refractivity contribution in [1.29, 1.82) is 0 Å². The van der Waals surface area contributed by atoms with E-state index in [1.165, 1.54) is 53.5 Å². The van der Waals surface area contributed by atoms with Gasteiger partial charge in [-0.05, 0) is 78.4 Å². The number of carbonyl (C=O) groups excluding carboxylic acids is 3. The lowest BCUT2D eigenvalue weighted by Gasteiger charge is -2.29. The van der Waals surface area contributed by atoms with Crippen LogP contribution in [0.15, 0.2) is 83.5 Å². The van der Waals surface area contributed by atoms with Crippen LogP contribution in [0.2, 0.25) is 0 Å². The molecule has 1 saturated carbocycles. The van der Waals surface area contributed by atoms with Crippen LogP contribution in [0.3, 0.4) is 0 Å². The maximum atomic E-state index is 13.7. The van der Waals surface area contributed by atoms with Gasteiger partial charge in [0.05, 0.1) is 17.3 Å². The summed E-state index contributed by atoms with van der Waals surface area (Å²) in [5.41, 5.74) is 3.87. The van der Waals surface area contributed by atoms with Crippen molar-refractivity contribution in [3.63, 3.8) is 0 Å². The zero-order valence-corrected chi connectivity index (χ0v) is 20.3. The van der Waals surface area contributed by atoms with Crippen molar-refractivity contribution in [2.75, 3.05) is 6.61 Å². The number of hydrazone groups is 1. The molecule has 1 fully saturated rings. The molecule has 3 aromatic carbocycles. The first-order chi connectivity index (χ1) is 18.4. The highest BCUT2D eigenvalue weighted by Crippen LogP contribution is 2.44. The number of rotatable bonds is 6. The summed E-state index contributed by atoms with van der Waals surface area (Å²) in [7, 11) is 0. The maximum absolute atomic E-state index is 13.7. The molecule has 2 aliphatic rings. The number of allylic oxidation sites excluding steroid dienone is 1. The van der Waals surface area contributed by atoms with Gasteiger partial charge < -0.3 is 4.74 Å². The van der Waals surface area contributed by atoms with E-state index >= 15 is 0 Å². The predicted molar refractivity (Wildman–Crippen MR) is 137 cm³/mol. The molecule has 0 saturated heterocycles. The topological polar surface area (TPSA) is 76.0 Å². The second-order valence-electron chi connectivity index (χ2n) is 9.26. The number of amides is 1. The van der Waals surface area contributed by atoms with Crippen LogP contribution in [0, 0.1) is 17.6 Å². The molecule has 192 valence electrons. The molecular weight excluding hydrogens is 490 g/mol. The van der Waals surface area contributed by atoms with Crippen molar-refractivity contribution in [2.45, 2.75) is 25.3 Å². The molecule has 1 aliphatic carbocycles. The number of halogens is 2. The van der Waals surface area contributed by atoms with E-state index in [1.807, 2.05) is 6.08 Å². The fraction of sp³-hybridized carbons (Fsp3) is 0.200. The van der Waals surface area contributed by atoms with Gasteiger partial charge in [-0.3, -0.25) is 9.59 Å². The Labute approximate surface area is 218 Å². The van der Waals surface area contributed by atoms with Crippen LogP contribution in [0.4, 0.5) is 8.78 Å². The van der Waals surface area contributed by atoms with Crippen LogP contribution in [-0.4, -0.2) is 35.5 Å². The maximum Gasteiger partial charge on any atom is 0.338 e. The normalized spacial score (nSPS) is 19.6. The Morgan fingerprint density at radius 3 is 2.21 bits per heavy atom.